The molecule has 0 aliphatic rings. The van der Waals surface area contributed by atoms with Crippen LogP contribution < -0.4 is 0 Å². The number of hydrogen-bond acceptors (Lipinski definition) is 5. The molecule has 0 bridgehead atoms. The molecule has 0 radical (unpaired) electrons. The third-order valence-electron chi connectivity index (χ3n) is 4.13. The Morgan fingerprint density at radius 3 is 2.42 bits per heavy atom. The first-order valence-electron chi connectivity index (χ1n) is 8.43. The lowest BCUT2D eigenvalue weighted by atomic mass is 10.1. The van der Waals surface area contributed by atoms with Crippen molar-refractivity contribution in [2.75, 3.05) is 6.54 Å². The van der Waals surface area contributed by atoms with Gasteiger partial charge in [-0.1, -0.05) is 61.2 Å². The molecule has 3 rings (SSSR count). The molecule has 0 saturated carbocycles. The van der Waals surface area contributed by atoms with Crippen molar-refractivity contribution in [3.8, 4) is 5.69 Å². The van der Waals surface area contributed by atoms with Crippen LogP contribution in [0.15, 0.2) is 59.8 Å². The number of rotatable bonds is 7. The van der Waals surface area contributed by atoms with Crippen LogP contribution in [-0.2, 0) is 6.42 Å². The summed E-state index contributed by atoms with van der Waals surface area (Å²) >= 11 is 1.37. The topological polar surface area (TPSA) is 73.8 Å². The monoisotopic (exact) mass is 368 g/mol. The Balaban J connectivity index is 1.94. The molecule has 0 saturated heterocycles. The second kappa shape index (κ2) is 8.14. The minimum Gasteiger partial charge on any atom is -0.274 e. The zero-order chi connectivity index (χ0) is 18.5. The summed E-state index contributed by atoms with van der Waals surface area (Å²) in [5.41, 5.74) is 3.07. The SMILES string of the molecule is CCc1ccc([C@H](C[N+](=O)[O-])Sc2nnc(C)n2-c2ccccc2)cc1. The number of thioether (sulfide) groups is 1. The first kappa shape index (κ1) is 18.1. The maximum absolute atomic E-state index is 11.2. The molecular formula is C19H20N4O2S. The summed E-state index contributed by atoms with van der Waals surface area (Å²) in [6.45, 7) is 3.79. The van der Waals surface area contributed by atoms with Gasteiger partial charge in [-0.05, 0) is 36.6 Å². The number of aryl methyl sites for hydroxylation is 2. The number of hydrogen-bond donors (Lipinski definition) is 0. The van der Waals surface area contributed by atoms with Crippen LogP contribution in [0.5, 0.6) is 0 Å². The summed E-state index contributed by atoms with van der Waals surface area (Å²) in [5, 5.41) is 19.9. The fourth-order valence-electron chi connectivity index (χ4n) is 2.73. The molecule has 0 aliphatic carbocycles. The smallest absolute Gasteiger partial charge is 0.220 e. The van der Waals surface area contributed by atoms with Crippen molar-refractivity contribution in [3.63, 3.8) is 0 Å². The zero-order valence-electron chi connectivity index (χ0n) is 14.7. The Bertz CT molecular complexity index is 878. The van der Waals surface area contributed by atoms with E-state index in [2.05, 4.69) is 17.1 Å². The van der Waals surface area contributed by atoms with E-state index in [4.69, 9.17) is 0 Å². The van der Waals surface area contributed by atoms with E-state index in [9.17, 15) is 10.1 Å². The highest BCUT2D eigenvalue weighted by Gasteiger charge is 2.23. The number of aromatic nitrogens is 3. The predicted octanol–water partition coefficient (Wildman–Crippen LogP) is 4.25. The van der Waals surface area contributed by atoms with Crippen LogP contribution >= 0.6 is 11.8 Å². The molecule has 134 valence electrons. The molecule has 0 amide bonds. The summed E-state index contributed by atoms with van der Waals surface area (Å²) in [6, 6.07) is 17.8. The average Bonchev–Trinajstić information content (AvgIpc) is 3.02. The van der Waals surface area contributed by atoms with E-state index in [0.717, 1.165) is 23.5 Å². The largest absolute Gasteiger partial charge is 0.274 e. The van der Waals surface area contributed by atoms with Gasteiger partial charge < -0.3 is 0 Å². The van der Waals surface area contributed by atoms with Gasteiger partial charge in [0.15, 0.2) is 5.16 Å². The van der Waals surface area contributed by atoms with Crippen LogP contribution in [-0.4, -0.2) is 26.2 Å². The van der Waals surface area contributed by atoms with Crippen molar-refractivity contribution in [1.29, 1.82) is 0 Å². The molecule has 1 heterocycles. The second-order valence-corrected chi connectivity index (χ2v) is 7.09. The van der Waals surface area contributed by atoms with Crippen molar-refractivity contribution in [2.24, 2.45) is 0 Å². The molecule has 0 unspecified atom stereocenters. The number of nitrogens with zero attached hydrogens (tertiary/aromatic N) is 4. The fourth-order valence-corrected chi connectivity index (χ4v) is 3.91. The molecule has 3 aromatic rings. The molecule has 1 atom stereocenters. The standard InChI is InChI=1S/C19H20N4O2S/c1-3-15-9-11-16(12-10-15)18(13-22(24)25)26-19-21-20-14(2)23(19)17-7-5-4-6-8-17/h4-12,18H,3,13H2,1-2H3/t18-/m0/s1. The van der Waals surface area contributed by atoms with Gasteiger partial charge in [0.1, 0.15) is 11.1 Å². The number of nitro groups is 1. The van der Waals surface area contributed by atoms with Crippen molar-refractivity contribution < 1.29 is 4.92 Å². The molecule has 1 aromatic heterocycles. The molecule has 0 aliphatic heterocycles. The third kappa shape index (κ3) is 4.11. The minimum atomic E-state index is -0.332. The average molecular weight is 368 g/mol. The first-order valence-corrected chi connectivity index (χ1v) is 9.31. The molecule has 0 spiro atoms. The first-order chi connectivity index (χ1) is 12.6. The fraction of sp³-hybridized carbons (Fsp3) is 0.263. The highest BCUT2D eigenvalue weighted by Crippen LogP contribution is 2.36. The lowest BCUT2D eigenvalue weighted by molar-refractivity contribution is -0.479. The Morgan fingerprint density at radius 1 is 1.12 bits per heavy atom. The van der Waals surface area contributed by atoms with Gasteiger partial charge >= 0.3 is 0 Å². The van der Waals surface area contributed by atoms with Crippen molar-refractivity contribution in [1.82, 2.24) is 14.8 Å². The maximum Gasteiger partial charge on any atom is 0.220 e. The summed E-state index contributed by atoms with van der Waals surface area (Å²) in [7, 11) is 0. The van der Waals surface area contributed by atoms with Crippen LogP contribution in [0.3, 0.4) is 0 Å². The quantitative estimate of drug-likeness (QED) is 0.354. The van der Waals surface area contributed by atoms with Gasteiger partial charge in [-0.2, -0.15) is 0 Å². The Morgan fingerprint density at radius 2 is 1.81 bits per heavy atom. The highest BCUT2D eigenvalue weighted by atomic mass is 32.2. The Kier molecular flexibility index (Phi) is 5.68. The molecule has 26 heavy (non-hydrogen) atoms. The number of para-hydroxylation sites is 1. The molecule has 0 N–H and O–H groups in total. The lowest BCUT2D eigenvalue weighted by Gasteiger charge is -2.14. The van der Waals surface area contributed by atoms with Gasteiger partial charge in [0, 0.05) is 10.6 Å². The van der Waals surface area contributed by atoms with Crippen molar-refractivity contribution in [2.45, 2.75) is 30.7 Å². The van der Waals surface area contributed by atoms with E-state index in [-0.39, 0.29) is 16.7 Å². The van der Waals surface area contributed by atoms with Crippen LogP contribution in [0.1, 0.15) is 29.1 Å². The van der Waals surface area contributed by atoms with E-state index in [1.807, 2.05) is 66.1 Å². The third-order valence-corrected chi connectivity index (χ3v) is 5.31. The summed E-state index contributed by atoms with van der Waals surface area (Å²) in [5.74, 6) is 0.750. The van der Waals surface area contributed by atoms with Crippen LogP contribution in [0.25, 0.3) is 5.69 Å². The molecular weight excluding hydrogens is 348 g/mol. The Hall–Kier alpha value is -2.67. The van der Waals surface area contributed by atoms with Crippen LogP contribution in [0.4, 0.5) is 0 Å². The summed E-state index contributed by atoms with van der Waals surface area (Å²) < 4.78 is 1.93. The molecule has 2 aromatic carbocycles. The Labute approximate surface area is 156 Å². The van der Waals surface area contributed by atoms with E-state index in [1.54, 1.807) is 0 Å². The van der Waals surface area contributed by atoms with Gasteiger partial charge in [0.05, 0.1) is 0 Å². The molecule has 6 nitrogen and oxygen atoms in total. The van der Waals surface area contributed by atoms with Gasteiger partial charge in [0.2, 0.25) is 6.54 Å². The van der Waals surface area contributed by atoms with Gasteiger partial charge in [-0.15, -0.1) is 10.2 Å². The van der Waals surface area contributed by atoms with Crippen LogP contribution in [0.2, 0.25) is 0 Å². The van der Waals surface area contributed by atoms with Gasteiger partial charge in [-0.25, -0.2) is 0 Å². The zero-order valence-corrected chi connectivity index (χ0v) is 15.5. The van der Waals surface area contributed by atoms with Gasteiger partial charge in [0.25, 0.3) is 0 Å². The molecule has 0 fully saturated rings. The van der Waals surface area contributed by atoms with E-state index in [1.165, 1.54) is 17.3 Å². The lowest BCUT2D eigenvalue weighted by Crippen LogP contribution is -2.11. The van der Waals surface area contributed by atoms with Crippen molar-refractivity contribution >= 4 is 11.8 Å². The second-order valence-electron chi connectivity index (χ2n) is 5.92. The summed E-state index contributed by atoms with van der Waals surface area (Å²) in [4.78, 5) is 10.9. The number of benzene rings is 2. The van der Waals surface area contributed by atoms with E-state index < -0.39 is 0 Å². The van der Waals surface area contributed by atoms with E-state index >= 15 is 0 Å². The van der Waals surface area contributed by atoms with E-state index in [0.29, 0.717) is 5.16 Å². The highest BCUT2D eigenvalue weighted by molar-refractivity contribution is 7.99. The minimum absolute atomic E-state index is 0.170. The van der Waals surface area contributed by atoms with Gasteiger partial charge in [-0.3, -0.25) is 14.7 Å². The summed E-state index contributed by atoms with van der Waals surface area (Å²) in [6.07, 6.45) is 0.939. The predicted molar refractivity (Wildman–Crippen MR) is 102 cm³/mol. The molecule has 7 heteroatoms. The van der Waals surface area contributed by atoms with Crippen LogP contribution in [0, 0.1) is 17.0 Å². The van der Waals surface area contributed by atoms with Crippen molar-refractivity contribution in [3.05, 3.63) is 81.7 Å². The normalized spacial score (nSPS) is 12.1. The maximum atomic E-state index is 11.2.